The van der Waals surface area contributed by atoms with Crippen LogP contribution < -0.4 is 37.6 Å². The Balaban J connectivity index is 3.61. The number of carbonyl (C=O) groups is 10. The Morgan fingerprint density at radius 2 is 1.22 bits per heavy atom. The van der Waals surface area contributed by atoms with Gasteiger partial charge in [0.1, 0.15) is 36.0 Å². The van der Waals surface area contributed by atoms with Gasteiger partial charge in [0.25, 0.3) is 5.91 Å². The molecule has 1 aromatic rings. The van der Waals surface area contributed by atoms with Crippen LogP contribution in [0.2, 0.25) is 0 Å². The SMILES string of the molecule is CCCCC(NC(=O)[C@H](CC(C)C)NC(=O)[C@@H](NC(=O)[C@H](Cc1ccccc1C)NC(=O)[C@H](CCC(=O)O)NC(=O)[C@H](CC(=O)O)NC(=O)CS(C)(=O)=O)C(C)(C)C)C(=O)C(N)=O. The Bertz CT molecular complexity index is 1970. The van der Waals surface area contributed by atoms with Crippen molar-refractivity contribution in [3.63, 3.8) is 0 Å². The number of sulfone groups is 1. The van der Waals surface area contributed by atoms with E-state index in [0.717, 1.165) is 6.26 Å². The lowest BCUT2D eigenvalue weighted by molar-refractivity contribution is -0.141. The first kappa shape index (κ1) is 55.1. The van der Waals surface area contributed by atoms with Gasteiger partial charge in [-0.1, -0.05) is 78.6 Å². The molecule has 0 aliphatic carbocycles. The van der Waals surface area contributed by atoms with E-state index in [2.05, 4.69) is 26.6 Å². The fraction of sp³-hybridized carbons (Fsp3) is 0.610. The van der Waals surface area contributed by atoms with Crippen LogP contribution in [0.15, 0.2) is 24.3 Å². The van der Waals surface area contributed by atoms with Gasteiger partial charge in [0.15, 0.2) is 9.84 Å². The summed E-state index contributed by atoms with van der Waals surface area (Å²) in [7, 11) is -3.91. The molecule has 63 heavy (non-hydrogen) atoms. The third kappa shape index (κ3) is 20.7. The van der Waals surface area contributed by atoms with Gasteiger partial charge >= 0.3 is 11.9 Å². The Morgan fingerprint density at radius 3 is 1.73 bits per heavy atom. The molecule has 10 N–H and O–H groups in total. The standard InChI is InChI=1S/C41H63N7O14S/c1-9-10-15-25(33(54)35(42)55)44-37(57)27(18-22(2)3)47-40(60)34(41(5,6)7)48-39(59)28(19-24-14-12-11-13-23(24)4)46-36(56)26(16-17-31(50)51)45-38(58)29(20-32(52)53)43-30(49)21-63(8,61)62/h11-14,22,25-29,34H,9-10,15-21H2,1-8H3,(H2,42,55)(H,43,49)(H,44,57)(H,45,58)(H,46,56)(H,47,60)(H,48,59)(H,50,51)(H,52,53)/t25?,26-,27-,28-,29-,34+/m0/s1. The highest BCUT2D eigenvalue weighted by Gasteiger charge is 2.39. The van der Waals surface area contributed by atoms with Gasteiger partial charge in [0, 0.05) is 19.1 Å². The predicted octanol–water partition coefficient (Wildman–Crippen LogP) is -0.833. The quantitative estimate of drug-likeness (QED) is 0.0487. The molecule has 22 heteroatoms. The number of benzene rings is 1. The van der Waals surface area contributed by atoms with Crippen LogP contribution in [-0.2, 0) is 64.2 Å². The Hall–Kier alpha value is -5.93. The molecule has 0 saturated carbocycles. The number of carbonyl (C=O) groups excluding carboxylic acids is 8. The second-order valence-electron chi connectivity index (χ2n) is 16.9. The molecule has 0 saturated heterocycles. The second-order valence-corrected chi connectivity index (χ2v) is 19.0. The highest BCUT2D eigenvalue weighted by molar-refractivity contribution is 7.91. The first-order valence-corrected chi connectivity index (χ1v) is 22.4. The number of carboxylic acids is 2. The van der Waals surface area contributed by atoms with E-state index in [1.807, 2.05) is 12.2 Å². The van der Waals surface area contributed by atoms with E-state index in [-0.39, 0.29) is 25.2 Å². The molecular formula is C41H63N7O14S. The van der Waals surface area contributed by atoms with E-state index < -0.39 is 136 Å². The molecule has 21 nitrogen and oxygen atoms in total. The third-order valence-corrected chi connectivity index (χ3v) is 10.3. The van der Waals surface area contributed by atoms with Gasteiger partial charge in [-0.25, -0.2) is 8.42 Å². The lowest BCUT2D eigenvalue weighted by Crippen LogP contribution is -2.62. The average Bonchev–Trinajstić information content (AvgIpc) is 3.14. The zero-order valence-corrected chi connectivity index (χ0v) is 37.8. The highest BCUT2D eigenvalue weighted by atomic mass is 32.2. The zero-order chi connectivity index (χ0) is 48.4. The summed E-state index contributed by atoms with van der Waals surface area (Å²) in [6.07, 6.45) is -0.481. The summed E-state index contributed by atoms with van der Waals surface area (Å²) in [6.45, 7) is 12.0. The Kier molecular flexibility index (Phi) is 22.1. The van der Waals surface area contributed by atoms with Gasteiger partial charge < -0.3 is 47.8 Å². The summed E-state index contributed by atoms with van der Waals surface area (Å²) >= 11 is 0. The molecule has 0 radical (unpaired) electrons. The molecule has 1 aromatic carbocycles. The van der Waals surface area contributed by atoms with E-state index in [4.69, 9.17) is 5.73 Å². The maximum absolute atomic E-state index is 14.3. The number of primary amides is 1. The summed E-state index contributed by atoms with van der Waals surface area (Å²) < 4.78 is 23.3. The summed E-state index contributed by atoms with van der Waals surface area (Å²) in [5.41, 5.74) is 5.43. The van der Waals surface area contributed by atoms with Crippen molar-refractivity contribution >= 4 is 68.9 Å². The maximum atomic E-state index is 14.3. The number of ketones is 1. The molecule has 1 unspecified atom stereocenters. The molecule has 0 fully saturated rings. The summed E-state index contributed by atoms with van der Waals surface area (Å²) in [5, 5.41) is 33.4. The fourth-order valence-electron chi connectivity index (χ4n) is 6.20. The molecule has 0 bridgehead atoms. The minimum atomic E-state index is -3.91. The summed E-state index contributed by atoms with van der Waals surface area (Å²) in [6, 6.07) is -2.23. The number of hydrogen-bond acceptors (Lipinski definition) is 12. The first-order chi connectivity index (χ1) is 29.1. The smallest absolute Gasteiger partial charge is 0.305 e. The highest BCUT2D eigenvalue weighted by Crippen LogP contribution is 2.21. The van der Waals surface area contributed by atoms with Crippen LogP contribution >= 0.6 is 0 Å². The minimum absolute atomic E-state index is 0.0811. The van der Waals surface area contributed by atoms with Crippen LogP contribution in [0.4, 0.5) is 0 Å². The number of aliphatic carboxylic acids is 2. The Labute approximate surface area is 367 Å². The summed E-state index contributed by atoms with van der Waals surface area (Å²) in [4.78, 5) is 129. The van der Waals surface area contributed by atoms with E-state index in [0.29, 0.717) is 24.0 Å². The van der Waals surface area contributed by atoms with Gasteiger partial charge in [-0.2, -0.15) is 0 Å². The van der Waals surface area contributed by atoms with Gasteiger partial charge in [0.2, 0.25) is 41.2 Å². The zero-order valence-electron chi connectivity index (χ0n) is 37.0. The van der Waals surface area contributed by atoms with Crippen molar-refractivity contribution in [1.82, 2.24) is 31.9 Å². The van der Waals surface area contributed by atoms with E-state index >= 15 is 0 Å². The lowest BCUT2D eigenvalue weighted by Gasteiger charge is -2.34. The number of hydrogen-bond donors (Lipinski definition) is 9. The molecule has 0 spiro atoms. The van der Waals surface area contributed by atoms with Crippen molar-refractivity contribution in [3.8, 4) is 0 Å². The van der Waals surface area contributed by atoms with Crippen molar-refractivity contribution in [2.75, 3.05) is 12.0 Å². The fourth-order valence-corrected chi connectivity index (χ4v) is 6.76. The largest absolute Gasteiger partial charge is 0.481 e. The van der Waals surface area contributed by atoms with Crippen molar-refractivity contribution in [2.24, 2.45) is 17.1 Å². The van der Waals surface area contributed by atoms with Crippen LogP contribution in [0, 0.1) is 18.3 Å². The maximum Gasteiger partial charge on any atom is 0.305 e. The number of Topliss-reactive ketones (excluding diaryl/α,β-unsaturated/α-hetero) is 1. The topological polar surface area (TPSA) is 343 Å². The number of nitrogens with one attached hydrogen (secondary N) is 6. The van der Waals surface area contributed by atoms with E-state index in [9.17, 15) is 66.6 Å². The van der Waals surface area contributed by atoms with Gasteiger partial charge in [0.05, 0.1) is 12.5 Å². The number of amides is 7. The van der Waals surface area contributed by atoms with E-state index in [1.165, 1.54) is 0 Å². The monoisotopic (exact) mass is 909 g/mol. The van der Waals surface area contributed by atoms with Gasteiger partial charge in [-0.15, -0.1) is 0 Å². The molecule has 7 amide bonds. The van der Waals surface area contributed by atoms with Crippen molar-refractivity contribution in [2.45, 2.75) is 136 Å². The van der Waals surface area contributed by atoms with Gasteiger partial charge in [-0.3, -0.25) is 47.9 Å². The Morgan fingerprint density at radius 1 is 0.698 bits per heavy atom. The van der Waals surface area contributed by atoms with Crippen LogP contribution in [-0.4, -0.2) is 126 Å². The number of carboxylic acid groups (broad SMARTS) is 2. The minimum Gasteiger partial charge on any atom is -0.481 e. The molecule has 0 heterocycles. The summed E-state index contributed by atoms with van der Waals surface area (Å²) in [5.74, 6) is -12.6. The molecule has 0 aliphatic heterocycles. The van der Waals surface area contributed by atoms with Gasteiger partial charge in [-0.05, 0) is 48.6 Å². The molecule has 0 aromatic heterocycles. The molecule has 6 atom stereocenters. The van der Waals surface area contributed by atoms with Crippen LogP contribution in [0.25, 0.3) is 0 Å². The molecule has 352 valence electrons. The number of rotatable bonds is 27. The predicted molar refractivity (Wildman–Crippen MR) is 228 cm³/mol. The first-order valence-electron chi connectivity index (χ1n) is 20.4. The third-order valence-electron chi connectivity index (χ3n) is 9.50. The molecule has 1 rings (SSSR count). The number of aryl methyl sites for hydroxylation is 1. The van der Waals surface area contributed by atoms with Crippen LogP contribution in [0.1, 0.15) is 97.6 Å². The van der Waals surface area contributed by atoms with Crippen LogP contribution in [0.3, 0.4) is 0 Å². The van der Waals surface area contributed by atoms with Crippen LogP contribution in [0.5, 0.6) is 0 Å². The normalized spacial score (nSPS) is 14.4. The number of unbranched alkanes of at least 4 members (excludes halogenated alkanes) is 1. The van der Waals surface area contributed by atoms with Crippen molar-refractivity contribution in [1.29, 1.82) is 0 Å². The molecular weight excluding hydrogens is 847 g/mol. The molecule has 0 aliphatic rings. The number of nitrogens with two attached hydrogens (primary N) is 1. The second kappa shape index (κ2) is 25.2. The van der Waals surface area contributed by atoms with Crippen molar-refractivity contribution in [3.05, 3.63) is 35.4 Å². The van der Waals surface area contributed by atoms with Crippen molar-refractivity contribution < 1.29 is 66.6 Å². The average molecular weight is 910 g/mol. The van der Waals surface area contributed by atoms with E-state index in [1.54, 1.807) is 65.8 Å². The lowest BCUT2D eigenvalue weighted by atomic mass is 9.85.